The fourth-order valence-electron chi connectivity index (χ4n) is 2.08. The van der Waals surface area contributed by atoms with Crippen LogP contribution in [0.25, 0.3) is 0 Å². The maximum Gasteiger partial charge on any atom is 0.296 e. The van der Waals surface area contributed by atoms with Crippen LogP contribution in [-0.4, -0.2) is 21.6 Å². The topological polar surface area (TPSA) is 52.6 Å². The second-order valence-electron chi connectivity index (χ2n) is 5.37. The summed E-state index contributed by atoms with van der Waals surface area (Å²) < 4.78 is 34.7. The summed E-state index contributed by atoms with van der Waals surface area (Å²) in [7, 11) is -3.69. The molecule has 0 saturated carbocycles. The van der Waals surface area contributed by atoms with Crippen LogP contribution in [0.15, 0.2) is 59.5 Å². The van der Waals surface area contributed by atoms with E-state index in [2.05, 4.69) is 0 Å². The number of hydrogen-bond acceptors (Lipinski definition) is 4. The predicted molar refractivity (Wildman–Crippen MR) is 89.7 cm³/mol. The van der Waals surface area contributed by atoms with Gasteiger partial charge in [-0.05, 0) is 38.0 Å². The Morgan fingerprint density at radius 3 is 2.26 bits per heavy atom. The number of aryl methyl sites for hydroxylation is 1. The van der Waals surface area contributed by atoms with Gasteiger partial charge in [0.2, 0.25) is 0 Å². The van der Waals surface area contributed by atoms with E-state index in [4.69, 9.17) is 8.92 Å². The standard InChI is InChI=1S/C18H22O4S/c1-15-9-11-18(12-10-15)23(19,20)22-14-6-13-21-16(2)17-7-4-3-5-8-17/h3-5,7-12,16H,6,13-14H2,1-2H3. The van der Waals surface area contributed by atoms with Crippen LogP contribution in [-0.2, 0) is 19.0 Å². The van der Waals surface area contributed by atoms with Gasteiger partial charge in [0.1, 0.15) is 0 Å². The van der Waals surface area contributed by atoms with Crippen LogP contribution in [0.1, 0.15) is 30.6 Å². The molecule has 1 atom stereocenters. The van der Waals surface area contributed by atoms with Crippen LogP contribution in [0.2, 0.25) is 0 Å². The van der Waals surface area contributed by atoms with Gasteiger partial charge in [-0.2, -0.15) is 8.42 Å². The Labute approximate surface area is 138 Å². The Kier molecular flexibility index (Phi) is 6.33. The minimum absolute atomic E-state index is 0.0232. The van der Waals surface area contributed by atoms with Crippen molar-refractivity contribution in [2.75, 3.05) is 13.2 Å². The van der Waals surface area contributed by atoms with Crippen molar-refractivity contribution >= 4 is 10.1 Å². The van der Waals surface area contributed by atoms with E-state index in [1.807, 2.05) is 44.2 Å². The molecule has 1 unspecified atom stereocenters. The Balaban J connectivity index is 1.74. The molecule has 2 aromatic rings. The van der Waals surface area contributed by atoms with E-state index in [0.29, 0.717) is 13.0 Å². The minimum Gasteiger partial charge on any atom is -0.374 e. The van der Waals surface area contributed by atoms with Gasteiger partial charge in [-0.15, -0.1) is 0 Å². The van der Waals surface area contributed by atoms with Crippen LogP contribution in [0.3, 0.4) is 0 Å². The van der Waals surface area contributed by atoms with Gasteiger partial charge in [-0.25, -0.2) is 0 Å². The second kappa shape index (κ2) is 8.24. The molecule has 0 aliphatic heterocycles. The summed E-state index contributed by atoms with van der Waals surface area (Å²) in [6.07, 6.45) is 0.493. The lowest BCUT2D eigenvalue weighted by Crippen LogP contribution is -2.10. The molecule has 2 rings (SSSR count). The summed E-state index contributed by atoms with van der Waals surface area (Å²) in [5.74, 6) is 0. The smallest absolute Gasteiger partial charge is 0.296 e. The molecule has 0 aliphatic rings. The first-order valence-electron chi connectivity index (χ1n) is 7.62. The van der Waals surface area contributed by atoms with E-state index in [1.165, 1.54) is 0 Å². The van der Waals surface area contributed by atoms with Crippen LogP contribution in [0.5, 0.6) is 0 Å². The number of hydrogen-bond donors (Lipinski definition) is 0. The summed E-state index contributed by atoms with van der Waals surface area (Å²) in [5.41, 5.74) is 2.10. The molecule has 0 spiro atoms. The van der Waals surface area contributed by atoms with Crippen molar-refractivity contribution in [1.82, 2.24) is 0 Å². The summed E-state index contributed by atoms with van der Waals surface area (Å²) >= 11 is 0. The maximum absolute atomic E-state index is 12.0. The van der Waals surface area contributed by atoms with Crippen molar-refractivity contribution in [2.45, 2.75) is 31.3 Å². The molecule has 5 heteroatoms. The Morgan fingerprint density at radius 2 is 1.61 bits per heavy atom. The number of rotatable bonds is 8. The average Bonchev–Trinajstić information content (AvgIpc) is 2.55. The molecule has 0 N–H and O–H groups in total. The molecule has 2 aromatic carbocycles. The van der Waals surface area contributed by atoms with Crippen LogP contribution in [0.4, 0.5) is 0 Å². The van der Waals surface area contributed by atoms with Gasteiger partial charge in [-0.1, -0.05) is 48.0 Å². The van der Waals surface area contributed by atoms with E-state index in [9.17, 15) is 8.42 Å². The van der Waals surface area contributed by atoms with Crippen molar-refractivity contribution in [3.63, 3.8) is 0 Å². The largest absolute Gasteiger partial charge is 0.374 e. The fraction of sp³-hybridized carbons (Fsp3) is 0.333. The molecule has 23 heavy (non-hydrogen) atoms. The zero-order valence-corrected chi connectivity index (χ0v) is 14.3. The normalized spacial score (nSPS) is 13.0. The van der Waals surface area contributed by atoms with E-state index < -0.39 is 10.1 Å². The highest BCUT2D eigenvalue weighted by atomic mass is 32.2. The summed E-state index contributed by atoms with van der Waals surface area (Å²) in [5, 5.41) is 0. The third-order valence-electron chi connectivity index (χ3n) is 3.47. The molecule has 0 fully saturated rings. The zero-order valence-electron chi connectivity index (χ0n) is 13.4. The lowest BCUT2D eigenvalue weighted by molar-refractivity contribution is 0.0576. The molecule has 0 aliphatic carbocycles. The lowest BCUT2D eigenvalue weighted by atomic mass is 10.1. The Bertz CT molecular complexity index is 694. The molecule has 0 amide bonds. The molecule has 0 radical (unpaired) electrons. The number of ether oxygens (including phenoxy) is 1. The summed E-state index contributed by atoms with van der Waals surface area (Å²) in [6, 6.07) is 16.5. The third kappa shape index (κ3) is 5.46. The van der Waals surface area contributed by atoms with E-state index >= 15 is 0 Å². The molecular formula is C18H22O4S. The highest BCUT2D eigenvalue weighted by Crippen LogP contribution is 2.17. The van der Waals surface area contributed by atoms with Crippen molar-refractivity contribution < 1.29 is 17.3 Å². The van der Waals surface area contributed by atoms with Gasteiger partial charge < -0.3 is 4.74 Å². The first-order chi connectivity index (χ1) is 11.0. The van der Waals surface area contributed by atoms with Gasteiger partial charge in [0.05, 0.1) is 17.6 Å². The van der Waals surface area contributed by atoms with Gasteiger partial charge >= 0.3 is 0 Å². The summed E-state index contributed by atoms with van der Waals surface area (Å²) in [6.45, 7) is 4.43. The van der Waals surface area contributed by atoms with E-state index in [-0.39, 0.29) is 17.6 Å². The molecular weight excluding hydrogens is 312 g/mol. The molecule has 4 nitrogen and oxygen atoms in total. The molecule has 0 saturated heterocycles. The zero-order chi connectivity index (χ0) is 16.7. The molecule has 124 valence electrons. The predicted octanol–water partition coefficient (Wildman–Crippen LogP) is 3.87. The average molecular weight is 334 g/mol. The monoisotopic (exact) mass is 334 g/mol. The highest BCUT2D eigenvalue weighted by Gasteiger charge is 2.14. The van der Waals surface area contributed by atoms with Crippen LogP contribution in [0, 0.1) is 6.92 Å². The van der Waals surface area contributed by atoms with Gasteiger partial charge in [0, 0.05) is 6.61 Å². The number of benzene rings is 2. The first kappa shape index (κ1) is 17.7. The fourth-order valence-corrected chi connectivity index (χ4v) is 3.02. The van der Waals surface area contributed by atoms with Crippen molar-refractivity contribution in [3.8, 4) is 0 Å². The summed E-state index contributed by atoms with van der Waals surface area (Å²) in [4.78, 5) is 0.182. The van der Waals surface area contributed by atoms with Crippen molar-refractivity contribution in [2.24, 2.45) is 0 Å². The Morgan fingerprint density at radius 1 is 0.957 bits per heavy atom. The van der Waals surface area contributed by atoms with Crippen molar-refractivity contribution in [3.05, 3.63) is 65.7 Å². The second-order valence-corrected chi connectivity index (χ2v) is 6.98. The SMILES string of the molecule is Cc1ccc(S(=O)(=O)OCCCOC(C)c2ccccc2)cc1. The van der Waals surface area contributed by atoms with E-state index in [1.54, 1.807) is 24.3 Å². The quantitative estimate of drug-likeness (QED) is 0.543. The molecule has 0 aromatic heterocycles. The third-order valence-corrected chi connectivity index (χ3v) is 4.80. The van der Waals surface area contributed by atoms with Crippen LogP contribution >= 0.6 is 0 Å². The van der Waals surface area contributed by atoms with E-state index in [0.717, 1.165) is 11.1 Å². The lowest BCUT2D eigenvalue weighted by Gasteiger charge is -2.13. The maximum atomic E-state index is 12.0. The van der Waals surface area contributed by atoms with Gasteiger partial charge in [-0.3, -0.25) is 4.18 Å². The highest BCUT2D eigenvalue weighted by molar-refractivity contribution is 7.86. The van der Waals surface area contributed by atoms with Crippen molar-refractivity contribution in [1.29, 1.82) is 0 Å². The first-order valence-corrected chi connectivity index (χ1v) is 9.02. The minimum atomic E-state index is -3.69. The Hall–Kier alpha value is -1.69. The van der Waals surface area contributed by atoms with Gasteiger partial charge in [0.15, 0.2) is 0 Å². The van der Waals surface area contributed by atoms with Crippen LogP contribution < -0.4 is 0 Å². The molecule has 0 heterocycles. The van der Waals surface area contributed by atoms with Gasteiger partial charge in [0.25, 0.3) is 10.1 Å². The molecule has 0 bridgehead atoms.